The highest BCUT2D eigenvalue weighted by atomic mass is 32.1. The summed E-state index contributed by atoms with van der Waals surface area (Å²) in [6, 6.07) is 3.86. The molecule has 0 spiro atoms. The van der Waals surface area contributed by atoms with Crippen LogP contribution in [0.5, 0.6) is 0 Å². The van der Waals surface area contributed by atoms with Gasteiger partial charge in [0.1, 0.15) is 0 Å². The number of nitrogens with zero attached hydrogens (tertiary/aromatic N) is 1. The number of carbonyl (C=O) groups excluding carboxylic acids is 1. The molecular formula is C20H35F3N2O2S. The number of carbonyl (C=O) groups is 1. The van der Waals surface area contributed by atoms with Gasteiger partial charge < -0.3 is 10.1 Å². The van der Waals surface area contributed by atoms with Crippen molar-refractivity contribution in [3.8, 4) is 0 Å². The molecule has 164 valence electrons. The average molecular weight is 425 g/mol. The summed E-state index contributed by atoms with van der Waals surface area (Å²) in [5, 5.41) is 2.50. The van der Waals surface area contributed by atoms with E-state index < -0.39 is 6.43 Å². The Labute approximate surface area is 171 Å². The fourth-order valence-electron chi connectivity index (χ4n) is 1.53. The first-order valence-corrected chi connectivity index (χ1v) is 9.90. The number of allylic oxidation sites excluding steroid dienone is 2. The van der Waals surface area contributed by atoms with E-state index in [9.17, 15) is 18.0 Å². The van der Waals surface area contributed by atoms with Crippen molar-refractivity contribution in [2.24, 2.45) is 4.99 Å². The molecule has 0 aromatic carbocycles. The molecule has 0 saturated carbocycles. The summed E-state index contributed by atoms with van der Waals surface area (Å²) in [5.41, 5.74) is 0.660. The van der Waals surface area contributed by atoms with Crippen LogP contribution >= 0.6 is 11.3 Å². The topological polar surface area (TPSA) is 50.7 Å². The van der Waals surface area contributed by atoms with Gasteiger partial charge >= 0.3 is 0 Å². The molecule has 0 aliphatic heterocycles. The molecule has 1 heterocycles. The van der Waals surface area contributed by atoms with E-state index in [0.717, 1.165) is 22.8 Å². The highest BCUT2D eigenvalue weighted by molar-refractivity contribution is 7.14. The van der Waals surface area contributed by atoms with E-state index in [1.807, 2.05) is 39.8 Å². The molecule has 0 saturated heterocycles. The maximum Gasteiger partial charge on any atom is 0.260 e. The molecule has 0 fully saturated rings. The molecule has 4 nitrogen and oxygen atoms in total. The molecule has 0 aliphatic rings. The second-order valence-electron chi connectivity index (χ2n) is 4.89. The third-order valence-electron chi connectivity index (χ3n) is 2.76. The second-order valence-corrected chi connectivity index (χ2v) is 6.18. The highest BCUT2D eigenvalue weighted by Gasteiger charge is 2.08. The van der Waals surface area contributed by atoms with Gasteiger partial charge in [-0.05, 0) is 44.1 Å². The van der Waals surface area contributed by atoms with Crippen LogP contribution in [0, 0.1) is 6.92 Å². The first-order valence-electron chi connectivity index (χ1n) is 9.08. The first-order chi connectivity index (χ1) is 13.5. The number of hydrogen-bond donors (Lipinski definition) is 1. The molecule has 1 N–H and O–H groups in total. The summed E-state index contributed by atoms with van der Waals surface area (Å²) in [6.45, 7) is 11.4. The Kier molecular flexibility index (Phi) is 25.9. The number of alkyl halides is 3. The highest BCUT2D eigenvalue weighted by Crippen LogP contribution is 2.18. The Bertz CT molecular complexity index is 533. The van der Waals surface area contributed by atoms with Gasteiger partial charge in [-0.3, -0.25) is 14.2 Å². The molecule has 0 unspecified atom stereocenters. The van der Waals surface area contributed by atoms with Crippen molar-refractivity contribution in [2.45, 2.75) is 47.5 Å². The molecule has 0 bridgehead atoms. The molecule has 0 aliphatic carbocycles. The molecule has 1 aromatic rings. The van der Waals surface area contributed by atoms with E-state index in [4.69, 9.17) is 4.74 Å². The van der Waals surface area contributed by atoms with Crippen LogP contribution < -0.4 is 5.32 Å². The zero-order valence-corrected chi connectivity index (χ0v) is 18.8. The lowest BCUT2D eigenvalue weighted by molar-refractivity contribution is -0.109. The lowest BCUT2D eigenvalue weighted by atomic mass is 10.2. The molecule has 1 rings (SSSR count). The third-order valence-corrected chi connectivity index (χ3v) is 3.79. The predicted octanol–water partition coefficient (Wildman–Crippen LogP) is 5.46. The van der Waals surface area contributed by atoms with Crippen molar-refractivity contribution in [3.05, 3.63) is 33.5 Å². The Hall–Kier alpha value is -1.67. The van der Waals surface area contributed by atoms with Gasteiger partial charge in [-0.25, -0.2) is 8.78 Å². The van der Waals surface area contributed by atoms with Crippen molar-refractivity contribution in [1.82, 2.24) is 5.32 Å². The quantitative estimate of drug-likeness (QED) is 0.325. The number of amides is 1. The first kappa shape index (κ1) is 31.0. The minimum Gasteiger partial charge on any atom is -0.380 e. The average Bonchev–Trinajstić information content (AvgIpc) is 3.15. The number of rotatable bonds is 9. The maximum absolute atomic E-state index is 12.3. The molecule has 0 atom stereocenters. The zero-order chi connectivity index (χ0) is 22.4. The largest absolute Gasteiger partial charge is 0.380 e. The number of halogens is 3. The molecule has 28 heavy (non-hydrogen) atoms. The summed E-state index contributed by atoms with van der Waals surface area (Å²) < 4.78 is 39.2. The Morgan fingerprint density at radius 2 is 1.89 bits per heavy atom. The van der Waals surface area contributed by atoms with Gasteiger partial charge in [0.05, 0.1) is 24.4 Å². The normalized spacial score (nSPS) is 10.7. The van der Waals surface area contributed by atoms with E-state index in [1.165, 1.54) is 13.0 Å². The number of aliphatic imine (C=N–C) groups is 1. The van der Waals surface area contributed by atoms with Crippen LogP contribution in [-0.2, 0) is 9.53 Å². The fourth-order valence-corrected chi connectivity index (χ4v) is 2.41. The van der Waals surface area contributed by atoms with E-state index in [-0.39, 0.29) is 5.57 Å². The van der Waals surface area contributed by atoms with Crippen molar-refractivity contribution in [3.63, 3.8) is 0 Å². The lowest BCUT2D eigenvalue weighted by Gasteiger charge is -2.00. The van der Waals surface area contributed by atoms with Crippen LogP contribution in [0.4, 0.5) is 13.2 Å². The van der Waals surface area contributed by atoms with Crippen molar-refractivity contribution in [1.29, 1.82) is 0 Å². The van der Waals surface area contributed by atoms with Crippen LogP contribution in [0.2, 0.25) is 0 Å². The van der Waals surface area contributed by atoms with Crippen molar-refractivity contribution in [2.75, 3.05) is 34.0 Å². The van der Waals surface area contributed by atoms with Crippen LogP contribution in [0.15, 0.2) is 28.8 Å². The summed E-state index contributed by atoms with van der Waals surface area (Å²) in [5.74, 6) is 0. The van der Waals surface area contributed by atoms with Gasteiger partial charge in [0.2, 0.25) is 6.41 Å². The van der Waals surface area contributed by atoms with E-state index >= 15 is 0 Å². The number of thiophene rings is 1. The van der Waals surface area contributed by atoms with E-state index in [2.05, 4.69) is 10.3 Å². The molecule has 1 aromatic heterocycles. The molecular weight excluding hydrogens is 389 g/mol. The van der Waals surface area contributed by atoms with Gasteiger partial charge in [-0.2, -0.15) is 0 Å². The number of nitrogens with one attached hydrogen (secondary N) is 1. The van der Waals surface area contributed by atoms with Crippen molar-refractivity contribution >= 4 is 23.5 Å². The van der Waals surface area contributed by atoms with E-state index in [1.54, 1.807) is 18.4 Å². The van der Waals surface area contributed by atoms with Gasteiger partial charge in [0.15, 0.2) is 0 Å². The van der Waals surface area contributed by atoms with E-state index in [0.29, 0.717) is 32.5 Å². The summed E-state index contributed by atoms with van der Waals surface area (Å²) in [7, 11) is 2.11. The maximum atomic E-state index is 12.3. The third kappa shape index (κ3) is 17.7. The second kappa shape index (κ2) is 23.4. The molecule has 0 radical (unpaired) electrons. The predicted molar refractivity (Wildman–Crippen MR) is 115 cm³/mol. The summed E-state index contributed by atoms with van der Waals surface area (Å²) in [6.07, 6.45) is 0.731. The Balaban J connectivity index is -0.000000413. The standard InChI is InChI=1S/C11H13F2NS.C6H13NO2.C2H6.CH3F/c1-7(11(12)13)6-9(14-3)10-5-4-8(2)15-10;1-2-4-9-5-3-7-6-8;2*1-2/h4-6,11H,1-3H3;6H,2-5H2,1H3,(H,7,8);1-2H3;1H3/b7-6+,14-9?;;;. The van der Waals surface area contributed by atoms with Gasteiger partial charge in [-0.1, -0.05) is 20.8 Å². The van der Waals surface area contributed by atoms with Gasteiger partial charge in [0.25, 0.3) is 6.43 Å². The monoisotopic (exact) mass is 424 g/mol. The molecule has 1 amide bonds. The minimum atomic E-state index is -2.41. The van der Waals surface area contributed by atoms with Crippen LogP contribution in [-0.4, -0.2) is 52.5 Å². The van der Waals surface area contributed by atoms with Gasteiger partial charge in [0, 0.05) is 25.1 Å². The lowest BCUT2D eigenvalue weighted by Crippen LogP contribution is -2.17. The number of ether oxygens (including phenoxy) is 1. The van der Waals surface area contributed by atoms with Crippen LogP contribution in [0.3, 0.4) is 0 Å². The van der Waals surface area contributed by atoms with Crippen LogP contribution in [0.1, 0.15) is 43.9 Å². The zero-order valence-electron chi connectivity index (χ0n) is 18.0. The fraction of sp³-hybridized carbons (Fsp3) is 0.600. The van der Waals surface area contributed by atoms with Crippen LogP contribution in [0.25, 0.3) is 0 Å². The summed E-state index contributed by atoms with van der Waals surface area (Å²) in [4.78, 5) is 15.8. The van der Waals surface area contributed by atoms with Gasteiger partial charge in [-0.15, -0.1) is 11.3 Å². The Morgan fingerprint density at radius 3 is 2.29 bits per heavy atom. The number of aryl methyl sites for hydroxylation is 1. The number of hydrogen-bond acceptors (Lipinski definition) is 4. The van der Waals surface area contributed by atoms with Crippen molar-refractivity contribution < 1.29 is 22.7 Å². The smallest absolute Gasteiger partial charge is 0.260 e. The molecule has 8 heteroatoms. The SMILES string of the molecule is CC.CCCOCCNC=O.CF.CN=C(/C=C(\C)C(F)F)c1ccc(C)s1. The Morgan fingerprint density at radius 1 is 1.29 bits per heavy atom. The minimum absolute atomic E-state index is 0.0432. The summed E-state index contributed by atoms with van der Waals surface area (Å²) >= 11 is 1.55.